The molecule has 90 valence electrons. The second kappa shape index (κ2) is 4.86. The molecular formula is C14H29N. The molecule has 0 aromatic heterocycles. The normalized spacial score (nSPS) is 29.0. The molecule has 0 amide bonds. The summed E-state index contributed by atoms with van der Waals surface area (Å²) in [5.74, 6) is 0.872. The second-order valence-electron chi connectivity index (χ2n) is 6.46. The SMILES string of the molecule is CCCCCC1CCC(C)(C)NC1(C)C. The van der Waals surface area contributed by atoms with Crippen molar-refractivity contribution >= 4 is 0 Å². The van der Waals surface area contributed by atoms with Gasteiger partial charge in [-0.15, -0.1) is 0 Å². The summed E-state index contributed by atoms with van der Waals surface area (Å²) in [6.45, 7) is 11.7. The summed E-state index contributed by atoms with van der Waals surface area (Å²) < 4.78 is 0. The van der Waals surface area contributed by atoms with Crippen LogP contribution in [0.25, 0.3) is 0 Å². The first-order valence-corrected chi connectivity index (χ1v) is 6.67. The van der Waals surface area contributed by atoms with Crippen molar-refractivity contribution in [2.45, 2.75) is 84.2 Å². The lowest BCUT2D eigenvalue weighted by molar-refractivity contribution is 0.104. The zero-order valence-corrected chi connectivity index (χ0v) is 11.3. The molecule has 1 saturated heterocycles. The molecule has 1 fully saturated rings. The largest absolute Gasteiger partial charge is 0.307 e. The summed E-state index contributed by atoms with van der Waals surface area (Å²) >= 11 is 0. The van der Waals surface area contributed by atoms with Crippen molar-refractivity contribution in [2.75, 3.05) is 0 Å². The third-order valence-corrected chi connectivity index (χ3v) is 3.96. The maximum atomic E-state index is 3.81. The van der Waals surface area contributed by atoms with Crippen LogP contribution in [0.5, 0.6) is 0 Å². The fourth-order valence-electron chi connectivity index (χ4n) is 3.08. The monoisotopic (exact) mass is 211 g/mol. The lowest BCUT2D eigenvalue weighted by Crippen LogP contribution is -2.59. The Hall–Kier alpha value is -0.0400. The number of unbranched alkanes of at least 4 members (excludes halogenated alkanes) is 2. The maximum absolute atomic E-state index is 3.81. The minimum absolute atomic E-state index is 0.329. The van der Waals surface area contributed by atoms with Gasteiger partial charge in [0, 0.05) is 11.1 Å². The van der Waals surface area contributed by atoms with Gasteiger partial charge in [0.15, 0.2) is 0 Å². The zero-order chi connectivity index (χ0) is 11.5. The molecule has 15 heavy (non-hydrogen) atoms. The smallest absolute Gasteiger partial charge is 0.0158 e. The van der Waals surface area contributed by atoms with Gasteiger partial charge >= 0.3 is 0 Å². The Morgan fingerprint density at radius 1 is 1.13 bits per heavy atom. The van der Waals surface area contributed by atoms with E-state index >= 15 is 0 Å². The van der Waals surface area contributed by atoms with Gasteiger partial charge in [-0.1, -0.05) is 26.2 Å². The Balaban J connectivity index is 2.45. The molecule has 1 heteroatoms. The zero-order valence-electron chi connectivity index (χ0n) is 11.3. The fourth-order valence-corrected chi connectivity index (χ4v) is 3.08. The molecule has 0 aromatic rings. The minimum Gasteiger partial charge on any atom is -0.307 e. The quantitative estimate of drug-likeness (QED) is 0.690. The lowest BCUT2D eigenvalue weighted by Gasteiger charge is -2.48. The predicted molar refractivity (Wildman–Crippen MR) is 68.2 cm³/mol. The van der Waals surface area contributed by atoms with Crippen LogP contribution in [0.15, 0.2) is 0 Å². The van der Waals surface area contributed by atoms with Crippen LogP contribution in [0.4, 0.5) is 0 Å². The molecule has 1 aliphatic heterocycles. The Kier molecular flexibility index (Phi) is 4.22. The van der Waals surface area contributed by atoms with E-state index in [2.05, 4.69) is 39.9 Å². The van der Waals surface area contributed by atoms with Gasteiger partial charge in [0.25, 0.3) is 0 Å². The number of hydrogen-bond donors (Lipinski definition) is 1. The topological polar surface area (TPSA) is 12.0 Å². The van der Waals surface area contributed by atoms with Crippen LogP contribution in [-0.4, -0.2) is 11.1 Å². The van der Waals surface area contributed by atoms with E-state index < -0.39 is 0 Å². The van der Waals surface area contributed by atoms with Crippen LogP contribution in [0.3, 0.4) is 0 Å². The van der Waals surface area contributed by atoms with Crippen molar-refractivity contribution < 1.29 is 0 Å². The Morgan fingerprint density at radius 3 is 2.33 bits per heavy atom. The molecule has 1 nitrogen and oxygen atoms in total. The predicted octanol–water partition coefficient (Wildman–Crippen LogP) is 4.12. The van der Waals surface area contributed by atoms with Crippen molar-refractivity contribution in [1.29, 1.82) is 0 Å². The first-order chi connectivity index (χ1) is 6.87. The highest BCUT2D eigenvalue weighted by Crippen LogP contribution is 2.36. The second-order valence-corrected chi connectivity index (χ2v) is 6.46. The van der Waals surface area contributed by atoms with Crippen LogP contribution >= 0.6 is 0 Å². The van der Waals surface area contributed by atoms with Gasteiger partial charge in [-0.25, -0.2) is 0 Å². The van der Waals surface area contributed by atoms with Crippen molar-refractivity contribution in [3.63, 3.8) is 0 Å². The third kappa shape index (κ3) is 3.79. The van der Waals surface area contributed by atoms with Crippen LogP contribution in [0.2, 0.25) is 0 Å². The van der Waals surface area contributed by atoms with Crippen molar-refractivity contribution in [2.24, 2.45) is 5.92 Å². The summed E-state index contributed by atoms with van der Waals surface area (Å²) in [5.41, 5.74) is 0.667. The Morgan fingerprint density at radius 2 is 1.80 bits per heavy atom. The average molecular weight is 211 g/mol. The number of piperidine rings is 1. The highest BCUT2D eigenvalue weighted by Gasteiger charge is 2.38. The minimum atomic E-state index is 0.329. The molecule has 0 saturated carbocycles. The van der Waals surface area contributed by atoms with Crippen LogP contribution in [-0.2, 0) is 0 Å². The molecule has 0 spiro atoms. The molecule has 1 atom stereocenters. The van der Waals surface area contributed by atoms with Gasteiger partial charge in [-0.2, -0.15) is 0 Å². The van der Waals surface area contributed by atoms with E-state index in [0.717, 1.165) is 5.92 Å². The molecule has 0 bridgehead atoms. The van der Waals surface area contributed by atoms with E-state index in [1.165, 1.54) is 38.5 Å². The molecule has 0 aromatic carbocycles. The van der Waals surface area contributed by atoms with Gasteiger partial charge in [-0.05, 0) is 52.9 Å². The lowest BCUT2D eigenvalue weighted by atomic mass is 9.72. The van der Waals surface area contributed by atoms with E-state index in [4.69, 9.17) is 0 Å². The molecule has 1 rings (SSSR count). The van der Waals surface area contributed by atoms with Crippen molar-refractivity contribution in [1.82, 2.24) is 5.32 Å². The summed E-state index contributed by atoms with van der Waals surface area (Å²) in [4.78, 5) is 0. The Labute approximate surface area is 96.0 Å². The van der Waals surface area contributed by atoms with Gasteiger partial charge < -0.3 is 5.32 Å². The molecular weight excluding hydrogens is 182 g/mol. The van der Waals surface area contributed by atoms with Gasteiger partial charge in [0.1, 0.15) is 0 Å². The summed E-state index contributed by atoms with van der Waals surface area (Å²) in [5, 5.41) is 3.81. The molecule has 0 radical (unpaired) electrons. The molecule has 1 N–H and O–H groups in total. The molecule has 0 aliphatic carbocycles. The van der Waals surface area contributed by atoms with E-state index in [1.807, 2.05) is 0 Å². The van der Waals surface area contributed by atoms with Crippen molar-refractivity contribution in [3.8, 4) is 0 Å². The first-order valence-electron chi connectivity index (χ1n) is 6.67. The van der Waals surface area contributed by atoms with Crippen LogP contribution < -0.4 is 5.32 Å². The summed E-state index contributed by atoms with van der Waals surface area (Å²) in [6, 6.07) is 0. The van der Waals surface area contributed by atoms with Gasteiger partial charge in [-0.3, -0.25) is 0 Å². The van der Waals surface area contributed by atoms with E-state index in [9.17, 15) is 0 Å². The highest BCUT2D eigenvalue weighted by atomic mass is 15.1. The highest BCUT2D eigenvalue weighted by molar-refractivity contribution is 4.98. The third-order valence-electron chi connectivity index (χ3n) is 3.96. The number of nitrogens with one attached hydrogen (secondary N) is 1. The van der Waals surface area contributed by atoms with Crippen molar-refractivity contribution in [3.05, 3.63) is 0 Å². The first kappa shape index (κ1) is 13.0. The summed E-state index contributed by atoms with van der Waals surface area (Å²) in [6.07, 6.45) is 8.28. The number of hydrogen-bond acceptors (Lipinski definition) is 1. The molecule has 1 unspecified atom stereocenters. The molecule has 1 heterocycles. The van der Waals surface area contributed by atoms with Crippen LogP contribution in [0.1, 0.15) is 73.1 Å². The van der Waals surface area contributed by atoms with E-state index in [0.29, 0.717) is 11.1 Å². The molecule has 1 aliphatic rings. The fraction of sp³-hybridized carbons (Fsp3) is 1.00. The van der Waals surface area contributed by atoms with E-state index in [1.54, 1.807) is 0 Å². The summed E-state index contributed by atoms with van der Waals surface area (Å²) in [7, 11) is 0. The Bertz CT molecular complexity index is 194. The maximum Gasteiger partial charge on any atom is 0.0158 e. The van der Waals surface area contributed by atoms with Gasteiger partial charge in [0.2, 0.25) is 0 Å². The van der Waals surface area contributed by atoms with E-state index in [-0.39, 0.29) is 0 Å². The van der Waals surface area contributed by atoms with Gasteiger partial charge in [0.05, 0.1) is 0 Å². The average Bonchev–Trinajstić information content (AvgIpc) is 2.06. The number of rotatable bonds is 4. The standard InChI is InChI=1S/C14H29N/c1-6-7-8-9-12-10-11-13(2,3)15-14(12,4)5/h12,15H,6-11H2,1-5H3. The van der Waals surface area contributed by atoms with Crippen LogP contribution in [0, 0.1) is 5.92 Å².